The first-order valence-electron chi connectivity index (χ1n) is 7.02. The fourth-order valence-electron chi connectivity index (χ4n) is 2.45. The van der Waals surface area contributed by atoms with Crippen LogP contribution in [0, 0.1) is 44.1 Å². The predicted molar refractivity (Wildman–Crippen MR) is 88.1 cm³/mol. The molecule has 1 amide bonds. The van der Waals surface area contributed by atoms with E-state index in [1.165, 1.54) is 23.9 Å². The number of nitro benzene ring substituents is 1. The molecule has 1 aromatic carbocycles. The molecule has 0 saturated heterocycles. The lowest BCUT2D eigenvalue weighted by Gasteiger charge is -2.34. The molecular formula is C16H14N4O3S. The summed E-state index contributed by atoms with van der Waals surface area (Å²) in [5.41, 5.74) is 0.134. The molecule has 0 aliphatic carbocycles. The Balaban J connectivity index is 2.28. The lowest BCUT2D eigenvalue weighted by atomic mass is 9.72. The number of hydrogen-bond donors (Lipinski definition) is 1. The summed E-state index contributed by atoms with van der Waals surface area (Å²) in [6.07, 6.45) is 0. The molecule has 8 heteroatoms. The Morgan fingerprint density at radius 3 is 2.71 bits per heavy atom. The maximum Gasteiger partial charge on any atom is 0.269 e. The number of nitriles is 2. The van der Waals surface area contributed by atoms with Crippen LogP contribution >= 0.6 is 11.8 Å². The third kappa shape index (κ3) is 3.24. The van der Waals surface area contributed by atoms with Gasteiger partial charge in [-0.15, -0.1) is 11.8 Å². The average Bonchev–Trinajstić information content (AvgIpc) is 2.52. The summed E-state index contributed by atoms with van der Waals surface area (Å²) < 4.78 is 0. The molecule has 1 N–H and O–H groups in total. The second-order valence-corrected chi connectivity index (χ2v) is 6.79. The summed E-state index contributed by atoms with van der Waals surface area (Å²) in [7, 11) is 0. The van der Waals surface area contributed by atoms with E-state index >= 15 is 0 Å². The van der Waals surface area contributed by atoms with Crippen LogP contribution in [0.5, 0.6) is 0 Å². The minimum atomic E-state index is -0.936. The molecule has 1 aromatic rings. The smallest absolute Gasteiger partial charge is 0.269 e. The maximum atomic E-state index is 12.1. The van der Waals surface area contributed by atoms with Crippen molar-refractivity contribution in [3.05, 3.63) is 50.5 Å². The SMILES string of the molecule is CC1(C)C(C#N)=C(SCc2cccc([N+](=O)[O-])c2)NC(=O)C1C#N. The van der Waals surface area contributed by atoms with Gasteiger partial charge in [0, 0.05) is 23.3 Å². The van der Waals surface area contributed by atoms with Crippen LogP contribution in [0.1, 0.15) is 19.4 Å². The highest BCUT2D eigenvalue weighted by molar-refractivity contribution is 8.02. The van der Waals surface area contributed by atoms with Crippen molar-refractivity contribution in [3.8, 4) is 12.1 Å². The second-order valence-electron chi connectivity index (χ2n) is 5.80. The highest BCUT2D eigenvalue weighted by Gasteiger charge is 2.44. The Hall–Kier alpha value is -2.84. The highest BCUT2D eigenvalue weighted by Crippen LogP contribution is 2.42. The van der Waals surface area contributed by atoms with E-state index in [0.29, 0.717) is 21.9 Å². The number of non-ortho nitro benzene ring substituents is 1. The molecule has 0 fully saturated rings. The predicted octanol–water partition coefficient (Wildman–Crippen LogP) is 2.86. The zero-order valence-corrected chi connectivity index (χ0v) is 13.9. The molecule has 1 heterocycles. The minimum Gasteiger partial charge on any atom is -0.319 e. The van der Waals surface area contributed by atoms with Crippen LogP contribution in [0.15, 0.2) is 34.9 Å². The molecule has 1 atom stereocenters. The summed E-state index contributed by atoms with van der Waals surface area (Å²) >= 11 is 1.22. The summed E-state index contributed by atoms with van der Waals surface area (Å²) in [5.74, 6) is -1.02. The largest absolute Gasteiger partial charge is 0.319 e. The van der Waals surface area contributed by atoms with Crippen LogP contribution in [-0.4, -0.2) is 10.8 Å². The van der Waals surface area contributed by atoms with Crippen molar-refractivity contribution in [2.75, 3.05) is 0 Å². The molecular weight excluding hydrogens is 328 g/mol. The zero-order chi connectivity index (χ0) is 17.9. The van der Waals surface area contributed by atoms with Gasteiger partial charge in [0.15, 0.2) is 0 Å². The van der Waals surface area contributed by atoms with Crippen LogP contribution in [0.4, 0.5) is 5.69 Å². The van der Waals surface area contributed by atoms with Crippen molar-refractivity contribution < 1.29 is 9.72 Å². The van der Waals surface area contributed by atoms with Gasteiger partial charge in [-0.2, -0.15) is 10.5 Å². The number of carbonyl (C=O) groups excluding carboxylic acids is 1. The number of benzene rings is 1. The molecule has 1 aliphatic heterocycles. The molecule has 1 unspecified atom stereocenters. The fraction of sp³-hybridized carbons (Fsp3) is 0.312. The molecule has 122 valence electrons. The fourth-order valence-corrected chi connectivity index (χ4v) is 3.57. The quantitative estimate of drug-likeness (QED) is 0.663. The van der Waals surface area contributed by atoms with Gasteiger partial charge in [0.2, 0.25) is 5.91 Å². The molecule has 0 saturated carbocycles. The molecule has 0 aromatic heterocycles. The Morgan fingerprint density at radius 2 is 2.12 bits per heavy atom. The van der Waals surface area contributed by atoms with Gasteiger partial charge in [-0.25, -0.2) is 0 Å². The van der Waals surface area contributed by atoms with Gasteiger partial charge in [0.25, 0.3) is 5.69 Å². The molecule has 24 heavy (non-hydrogen) atoms. The number of amides is 1. The third-order valence-electron chi connectivity index (χ3n) is 3.84. The van der Waals surface area contributed by atoms with Crippen LogP contribution in [0.2, 0.25) is 0 Å². The van der Waals surface area contributed by atoms with Gasteiger partial charge >= 0.3 is 0 Å². The lowest BCUT2D eigenvalue weighted by Crippen LogP contribution is -2.44. The van der Waals surface area contributed by atoms with Crippen molar-refractivity contribution in [3.63, 3.8) is 0 Å². The van der Waals surface area contributed by atoms with E-state index in [2.05, 4.69) is 11.4 Å². The first-order chi connectivity index (χ1) is 11.3. The van der Waals surface area contributed by atoms with Crippen molar-refractivity contribution in [2.24, 2.45) is 11.3 Å². The van der Waals surface area contributed by atoms with E-state index in [1.807, 2.05) is 6.07 Å². The summed E-state index contributed by atoms with van der Waals surface area (Å²) in [5, 5.41) is 32.4. The average molecular weight is 342 g/mol. The molecule has 0 radical (unpaired) electrons. The Kier molecular flexibility index (Phi) is 4.91. The topological polar surface area (TPSA) is 120 Å². The number of thioether (sulfide) groups is 1. The molecule has 2 rings (SSSR count). The first-order valence-corrected chi connectivity index (χ1v) is 8.01. The van der Waals surface area contributed by atoms with Gasteiger partial charge in [-0.3, -0.25) is 14.9 Å². The van der Waals surface area contributed by atoms with Crippen molar-refractivity contribution in [1.29, 1.82) is 10.5 Å². The van der Waals surface area contributed by atoms with Crippen LogP contribution in [-0.2, 0) is 10.5 Å². The number of carbonyl (C=O) groups is 1. The summed E-state index contributed by atoms with van der Waals surface area (Å²) in [4.78, 5) is 22.4. The number of allylic oxidation sites excluding steroid dienone is 1. The summed E-state index contributed by atoms with van der Waals surface area (Å²) in [6, 6.07) is 10.2. The van der Waals surface area contributed by atoms with Crippen LogP contribution < -0.4 is 5.32 Å². The monoisotopic (exact) mass is 342 g/mol. The standard InChI is InChI=1S/C16H14N4O3S/c1-16(2)12(7-17)14(21)19-15(13(16)8-18)24-9-10-4-3-5-11(6-10)20(22)23/h3-6,12H,9H2,1-2H3,(H,19,21). The molecule has 0 bridgehead atoms. The van der Waals surface area contributed by atoms with Gasteiger partial charge in [0.1, 0.15) is 5.92 Å². The molecule has 1 aliphatic rings. The van der Waals surface area contributed by atoms with Gasteiger partial charge in [-0.05, 0) is 5.56 Å². The van der Waals surface area contributed by atoms with E-state index < -0.39 is 22.2 Å². The Bertz CT molecular complexity index is 817. The molecule has 0 spiro atoms. The Labute approximate surface area is 143 Å². The van der Waals surface area contributed by atoms with Crippen molar-refractivity contribution >= 4 is 23.4 Å². The highest BCUT2D eigenvalue weighted by atomic mass is 32.2. The van der Waals surface area contributed by atoms with Crippen LogP contribution in [0.25, 0.3) is 0 Å². The normalized spacial score (nSPS) is 19.2. The van der Waals surface area contributed by atoms with Crippen molar-refractivity contribution in [2.45, 2.75) is 19.6 Å². The lowest BCUT2D eigenvalue weighted by molar-refractivity contribution is -0.384. The van der Waals surface area contributed by atoms with E-state index in [4.69, 9.17) is 0 Å². The number of rotatable bonds is 4. The number of nitro groups is 1. The number of hydrogen-bond acceptors (Lipinski definition) is 6. The van der Waals surface area contributed by atoms with Crippen molar-refractivity contribution in [1.82, 2.24) is 5.32 Å². The third-order valence-corrected chi connectivity index (χ3v) is 4.91. The number of nitrogens with one attached hydrogen (secondary N) is 1. The zero-order valence-electron chi connectivity index (χ0n) is 13.1. The first kappa shape index (κ1) is 17.5. The van der Waals surface area contributed by atoms with Gasteiger partial charge in [0.05, 0.1) is 27.7 Å². The second kappa shape index (κ2) is 6.73. The van der Waals surface area contributed by atoms with Gasteiger partial charge in [-0.1, -0.05) is 26.0 Å². The van der Waals surface area contributed by atoms with E-state index in [1.54, 1.807) is 26.0 Å². The Morgan fingerprint density at radius 1 is 1.42 bits per heavy atom. The van der Waals surface area contributed by atoms with E-state index in [-0.39, 0.29) is 5.69 Å². The van der Waals surface area contributed by atoms with Gasteiger partial charge < -0.3 is 5.32 Å². The number of nitrogens with zero attached hydrogens (tertiary/aromatic N) is 3. The van der Waals surface area contributed by atoms with E-state index in [9.17, 15) is 25.4 Å². The minimum absolute atomic E-state index is 0.0138. The maximum absolute atomic E-state index is 12.1. The van der Waals surface area contributed by atoms with E-state index in [0.717, 1.165) is 0 Å². The molecule has 7 nitrogen and oxygen atoms in total. The van der Waals surface area contributed by atoms with Crippen LogP contribution in [0.3, 0.4) is 0 Å². The summed E-state index contributed by atoms with van der Waals surface area (Å²) in [6.45, 7) is 3.37.